The van der Waals surface area contributed by atoms with Gasteiger partial charge in [0.1, 0.15) is 0 Å². The number of likely N-dealkylation sites (tertiary alicyclic amines) is 1. The number of rotatable bonds is 2. The van der Waals surface area contributed by atoms with Crippen LogP contribution in [0.4, 0.5) is 0 Å². The van der Waals surface area contributed by atoms with Gasteiger partial charge in [-0.1, -0.05) is 0 Å². The molecular weight excluding hydrogens is 216 g/mol. The molecule has 0 saturated carbocycles. The van der Waals surface area contributed by atoms with Crippen LogP contribution in [0, 0.1) is 5.92 Å². The summed E-state index contributed by atoms with van der Waals surface area (Å²) < 4.78 is 5.67. The van der Waals surface area contributed by atoms with Gasteiger partial charge in [0.15, 0.2) is 0 Å². The monoisotopic (exact) mass is 240 g/mol. The summed E-state index contributed by atoms with van der Waals surface area (Å²) in [4.78, 5) is 14.1. The molecule has 98 valence electrons. The molecule has 0 bridgehead atoms. The van der Waals surface area contributed by atoms with Gasteiger partial charge in [0, 0.05) is 19.7 Å². The fourth-order valence-corrected chi connectivity index (χ4v) is 2.94. The highest BCUT2D eigenvalue weighted by Gasteiger charge is 2.36. The van der Waals surface area contributed by atoms with Crippen LogP contribution < -0.4 is 5.73 Å². The lowest BCUT2D eigenvalue weighted by Crippen LogP contribution is -2.50. The molecule has 4 nitrogen and oxygen atoms in total. The maximum Gasteiger partial charge on any atom is 0.239 e. The first-order valence-corrected chi connectivity index (χ1v) is 6.68. The summed E-state index contributed by atoms with van der Waals surface area (Å²) in [6.45, 7) is 6.65. The van der Waals surface area contributed by atoms with Crippen LogP contribution in [0.25, 0.3) is 0 Å². The number of ether oxygens (including phenoxy) is 1. The van der Waals surface area contributed by atoms with Crippen molar-refractivity contribution >= 4 is 5.91 Å². The average molecular weight is 240 g/mol. The largest absolute Gasteiger partial charge is 0.376 e. The molecule has 2 unspecified atom stereocenters. The van der Waals surface area contributed by atoms with Gasteiger partial charge in [-0.05, 0) is 45.4 Å². The van der Waals surface area contributed by atoms with Crippen LogP contribution in [0.1, 0.15) is 39.5 Å². The molecule has 0 spiro atoms. The van der Waals surface area contributed by atoms with E-state index in [-0.39, 0.29) is 23.5 Å². The smallest absolute Gasteiger partial charge is 0.239 e. The van der Waals surface area contributed by atoms with Crippen LogP contribution in [-0.4, -0.2) is 42.1 Å². The minimum atomic E-state index is -0.337. The van der Waals surface area contributed by atoms with Crippen molar-refractivity contribution in [1.82, 2.24) is 4.90 Å². The molecule has 4 heteroatoms. The molecule has 0 aromatic heterocycles. The lowest BCUT2D eigenvalue weighted by molar-refractivity contribution is -0.136. The summed E-state index contributed by atoms with van der Waals surface area (Å²) >= 11 is 0. The second kappa shape index (κ2) is 4.94. The van der Waals surface area contributed by atoms with Crippen molar-refractivity contribution in [1.29, 1.82) is 0 Å². The minimum absolute atomic E-state index is 0.133. The fraction of sp³-hybridized carbons (Fsp3) is 0.923. The predicted octanol–water partition coefficient (Wildman–Crippen LogP) is 1.14. The molecule has 0 aromatic carbocycles. The summed E-state index contributed by atoms with van der Waals surface area (Å²) in [5.41, 5.74) is 6.01. The topological polar surface area (TPSA) is 55.6 Å². The van der Waals surface area contributed by atoms with Crippen molar-refractivity contribution < 1.29 is 9.53 Å². The number of nitrogens with two attached hydrogens (primary N) is 1. The Balaban J connectivity index is 1.94. The SMILES string of the molecule is CC1(C)CC(C(N)C(=O)N2CCCC2)CCO1. The molecule has 1 amide bonds. The van der Waals surface area contributed by atoms with Crippen LogP contribution in [0.3, 0.4) is 0 Å². The van der Waals surface area contributed by atoms with Crippen molar-refractivity contribution in [3.05, 3.63) is 0 Å². The van der Waals surface area contributed by atoms with Crippen LogP contribution in [-0.2, 0) is 9.53 Å². The van der Waals surface area contributed by atoms with E-state index in [0.717, 1.165) is 45.4 Å². The Kier molecular flexibility index (Phi) is 3.73. The summed E-state index contributed by atoms with van der Waals surface area (Å²) in [7, 11) is 0. The molecule has 0 radical (unpaired) electrons. The van der Waals surface area contributed by atoms with Gasteiger partial charge in [-0.3, -0.25) is 4.79 Å². The predicted molar refractivity (Wildman–Crippen MR) is 66.5 cm³/mol. The molecule has 2 aliphatic heterocycles. The van der Waals surface area contributed by atoms with Gasteiger partial charge in [0.05, 0.1) is 11.6 Å². The summed E-state index contributed by atoms with van der Waals surface area (Å²) in [5, 5.41) is 0. The third-order valence-electron chi connectivity index (χ3n) is 3.95. The molecule has 2 rings (SSSR count). The van der Waals surface area contributed by atoms with Gasteiger partial charge in [-0.2, -0.15) is 0 Å². The van der Waals surface area contributed by atoms with E-state index in [1.165, 1.54) is 0 Å². The Morgan fingerprint density at radius 1 is 1.41 bits per heavy atom. The van der Waals surface area contributed by atoms with E-state index in [4.69, 9.17) is 10.5 Å². The fourth-order valence-electron chi connectivity index (χ4n) is 2.94. The minimum Gasteiger partial charge on any atom is -0.376 e. The number of carbonyl (C=O) groups is 1. The van der Waals surface area contributed by atoms with E-state index < -0.39 is 0 Å². The number of hydrogen-bond acceptors (Lipinski definition) is 3. The lowest BCUT2D eigenvalue weighted by atomic mass is 9.83. The van der Waals surface area contributed by atoms with E-state index in [0.29, 0.717) is 0 Å². The normalized spacial score (nSPS) is 30.3. The number of carbonyl (C=O) groups excluding carboxylic acids is 1. The van der Waals surface area contributed by atoms with E-state index in [9.17, 15) is 4.79 Å². The highest BCUT2D eigenvalue weighted by atomic mass is 16.5. The zero-order valence-corrected chi connectivity index (χ0v) is 10.9. The molecule has 0 aliphatic carbocycles. The second-order valence-corrected chi connectivity index (χ2v) is 5.92. The Morgan fingerprint density at radius 3 is 2.65 bits per heavy atom. The van der Waals surface area contributed by atoms with E-state index in [1.807, 2.05) is 4.90 Å². The zero-order valence-electron chi connectivity index (χ0n) is 10.9. The molecule has 2 aliphatic rings. The van der Waals surface area contributed by atoms with Gasteiger partial charge in [-0.15, -0.1) is 0 Å². The Bertz CT molecular complexity index is 285. The highest BCUT2D eigenvalue weighted by Crippen LogP contribution is 2.30. The molecule has 2 saturated heterocycles. The molecular formula is C13H24N2O2. The maximum absolute atomic E-state index is 12.2. The number of hydrogen-bond donors (Lipinski definition) is 1. The van der Waals surface area contributed by atoms with Gasteiger partial charge < -0.3 is 15.4 Å². The summed E-state index contributed by atoms with van der Waals surface area (Å²) in [5.74, 6) is 0.414. The van der Waals surface area contributed by atoms with Crippen molar-refractivity contribution in [3.63, 3.8) is 0 Å². The standard InChI is InChI=1S/C13H24N2O2/c1-13(2)9-10(5-8-17-13)11(14)12(16)15-6-3-4-7-15/h10-11H,3-9,14H2,1-2H3. The van der Waals surface area contributed by atoms with E-state index in [2.05, 4.69) is 13.8 Å². The van der Waals surface area contributed by atoms with Crippen molar-refractivity contribution in [2.45, 2.75) is 51.2 Å². The first-order valence-electron chi connectivity index (χ1n) is 6.68. The zero-order chi connectivity index (χ0) is 12.5. The molecule has 2 fully saturated rings. The third kappa shape index (κ3) is 2.99. The van der Waals surface area contributed by atoms with Crippen molar-refractivity contribution in [2.75, 3.05) is 19.7 Å². The molecule has 2 atom stereocenters. The van der Waals surface area contributed by atoms with Crippen LogP contribution in [0.5, 0.6) is 0 Å². The van der Waals surface area contributed by atoms with Crippen molar-refractivity contribution in [2.24, 2.45) is 11.7 Å². The van der Waals surface area contributed by atoms with Crippen LogP contribution in [0.15, 0.2) is 0 Å². The molecule has 2 heterocycles. The van der Waals surface area contributed by atoms with Gasteiger partial charge in [-0.25, -0.2) is 0 Å². The van der Waals surface area contributed by atoms with E-state index >= 15 is 0 Å². The summed E-state index contributed by atoms with van der Waals surface area (Å²) in [6, 6.07) is -0.337. The van der Waals surface area contributed by atoms with Gasteiger partial charge in [0.25, 0.3) is 0 Å². The number of nitrogens with zero attached hydrogens (tertiary/aromatic N) is 1. The van der Waals surface area contributed by atoms with E-state index in [1.54, 1.807) is 0 Å². The lowest BCUT2D eigenvalue weighted by Gasteiger charge is -2.38. The molecule has 2 N–H and O–H groups in total. The van der Waals surface area contributed by atoms with Gasteiger partial charge in [0.2, 0.25) is 5.91 Å². The Morgan fingerprint density at radius 2 is 2.06 bits per heavy atom. The maximum atomic E-state index is 12.2. The van der Waals surface area contributed by atoms with Crippen LogP contribution >= 0.6 is 0 Å². The molecule has 0 aromatic rings. The first kappa shape index (κ1) is 12.8. The quantitative estimate of drug-likeness (QED) is 0.787. The third-order valence-corrected chi connectivity index (χ3v) is 3.95. The Labute approximate surface area is 103 Å². The summed E-state index contributed by atoms with van der Waals surface area (Å²) in [6.07, 6.45) is 4.04. The number of amides is 1. The Hall–Kier alpha value is -0.610. The average Bonchev–Trinajstić information content (AvgIpc) is 2.79. The second-order valence-electron chi connectivity index (χ2n) is 5.92. The first-order chi connectivity index (χ1) is 7.99. The van der Waals surface area contributed by atoms with Crippen molar-refractivity contribution in [3.8, 4) is 0 Å². The highest BCUT2D eigenvalue weighted by molar-refractivity contribution is 5.82. The molecule has 17 heavy (non-hydrogen) atoms. The van der Waals surface area contributed by atoms with Crippen LogP contribution in [0.2, 0.25) is 0 Å². The van der Waals surface area contributed by atoms with Gasteiger partial charge >= 0.3 is 0 Å².